The molecule has 1 unspecified atom stereocenters. The molecule has 0 saturated carbocycles. The fourth-order valence-corrected chi connectivity index (χ4v) is 2.84. The molecule has 1 aromatic heterocycles. The summed E-state index contributed by atoms with van der Waals surface area (Å²) in [5.41, 5.74) is 1.16. The molecule has 1 aliphatic rings. The molecular formula is C14H26N4O2. The van der Waals surface area contributed by atoms with E-state index in [9.17, 15) is 0 Å². The first-order valence-electron chi connectivity index (χ1n) is 7.16. The van der Waals surface area contributed by atoms with Gasteiger partial charge in [0, 0.05) is 58.5 Å². The van der Waals surface area contributed by atoms with Crippen LogP contribution in [0.5, 0.6) is 5.88 Å². The number of aromatic nitrogens is 2. The van der Waals surface area contributed by atoms with Crippen LogP contribution in [0.1, 0.15) is 12.5 Å². The molecule has 0 aromatic carbocycles. The van der Waals surface area contributed by atoms with Crippen LogP contribution in [0, 0.1) is 0 Å². The van der Waals surface area contributed by atoms with Crippen LogP contribution in [0.25, 0.3) is 0 Å². The molecule has 0 radical (unpaired) electrons. The predicted molar refractivity (Wildman–Crippen MR) is 77.9 cm³/mol. The molecule has 0 aliphatic carbocycles. The third-order valence-electron chi connectivity index (χ3n) is 3.97. The molecule has 0 amide bonds. The lowest BCUT2D eigenvalue weighted by Gasteiger charge is -2.39. The highest BCUT2D eigenvalue weighted by Gasteiger charge is 2.24. The molecule has 1 fully saturated rings. The SMILES string of the molecule is COCCN1CCN(Cc2cnn(C)c2OC)CC1C. The van der Waals surface area contributed by atoms with Crippen molar-refractivity contribution < 1.29 is 9.47 Å². The summed E-state index contributed by atoms with van der Waals surface area (Å²) in [4.78, 5) is 4.95. The molecule has 6 nitrogen and oxygen atoms in total. The summed E-state index contributed by atoms with van der Waals surface area (Å²) in [6.07, 6.45) is 1.90. The van der Waals surface area contributed by atoms with Gasteiger partial charge in [-0.25, -0.2) is 4.68 Å². The zero-order valence-corrected chi connectivity index (χ0v) is 13.0. The van der Waals surface area contributed by atoms with Crippen LogP contribution in [-0.4, -0.2) is 72.6 Å². The Morgan fingerprint density at radius 1 is 1.35 bits per heavy atom. The summed E-state index contributed by atoms with van der Waals surface area (Å²) in [5, 5.41) is 4.27. The minimum Gasteiger partial charge on any atom is -0.481 e. The maximum Gasteiger partial charge on any atom is 0.215 e. The summed E-state index contributed by atoms with van der Waals surface area (Å²) in [6.45, 7) is 8.24. The smallest absolute Gasteiger partial charge is 0.215 e. The van der Waals surface area contributed by atoms with Crippen molar-refractivity contribution in [1.82, 2.24) is 19.6 Å². The highest BCUT2D eigenvalue weighted by molar-refractivity contribution is 5.23. The van der Waals surface area contributed by atoms with E-state index in [1.54, 1.807) is 18.9 Å². The van der Waals surface area contributed by atoms with Crippen molar-refractivity contribution in [1.29, 1.82) is 0 Å². The standard InChI is InChI=1S/C14H26N4O2/c1-12-10-17(5-6-18(12)7-8-19-3)11-13-9-15-16(2)14(13)20-4/h9,12H,5-8,10-11H2,1-4H3. The minimum absolute atomic E-state index is 0.557. The molecule has 20 heavy (non-hydrogen) atoms. The van der Waals surface area contributed by atoms with Gasteiger partial charge in [-0.15, -0.1) is 0 Å². The number of hydrogen-bond donors (Lipinski definition) is 0. The van der Waals surface area contributed by atoms with Crippen LogP contribution >= 0.6 is 0 Å². The van der Waals surface area contributed by atoms with E-state index in [0.29, 0.717) is 6.04 Å². The Labute approximate surface area is 121 Å². The van der Waals surface area contributed by atoms with Gasteiger partial charge in [-0.3, -0.25) is 9.80 Å². The first-order chi connectivity index (χ1) is 9.65. The second-order valence-electron chi connectivity index (χ2n) is 5.42. The van der Waals surface area contributed by atoms with Crippen molar-refractivity contribution >= 4 is 0 Å². The molecule has 0 spiro atoms. The summed E-state index contributed by atoms with van der Waals surface area (Å²) < 4.78 is 12.4. The van der Waals surface area contributed by atoms with Gasteiger partial charge in [0.2, 0.25) is 5.88 Å². The lowest BCUT2D eigenvalue weighted by molar-refractivity contribution is 0.0554. The van der Waals surface area contributed by atoms with E-state index in [2.05, 4.69) is 21.8 Å². The van der Waals surface area contributed by atoms with Crippen molar-refractivity contribution in [3.05, 3.63) is 11.8 Å². The van der Waals surface area contributed by atoms with Gasteiger partial charge in [0.25, 0.3) is 0 Å². The molecule has 114 valence electrons. The van der Waals surface area contributed by atoms with Gasteiger partial charge in [0.05, 0.1) is 19.9 Å². The Morgan fingerprint density at radius 3 is 2.80 bits per heavy atom. The van der Waals surface area contributed by atoms with Gasteiger partial charge < -0.3 is 9.47 Å². The van der Waals surface area contributed by atoms with E-state index >= 15 is 0 Å². The van der Waals surface area contributed by atoms with E-state index in [0.717, 1.165) is 50.8 Å². The number of aryl methyl sites for hydroxylation is 1. The van der Waals surface area contributed by atoms with Crippen molar-refractivity contribution in [2.45, 2.75) is 19.5 Å². The van der Waals surface area contributed by atoms with Crippen LogP contribution in [0.15, 0.2) is 6.20 Å². The van der Waals surface area contributed by atoms with E-state index < -0.39 is 0 Å². The maximum absolute atomic E-state index is 5.41. The Kier molecular flexibility index (Phi) is 5.39. The van der Waals surface area contributed by atoms with Gasteiger partial charge in [-0.05, 0) is 6.92 Å². The van der Waals surface area contributed by atoms with Crippen LogP contribution in [0.2, 0.25) is 0 Å². The van der Waals surface area contributed by atoms with Crippen molar-refractivity contribution in [3.63, 3.8) is 0 Å². The maximum atomic E-state index is 5.41. The Hall–Kier alpha value is -1.11. The van der Waals surface area contributed by atoms with E-state index in [-0.39, 0.29) is 0 Å². The van der Waals surface area contributed by atoms with Crippen LogP contribution in [0.4, 0.5) is 0 Å². The lowest BCUT2D eigenvalue weighted by atomic mass is 10.1. The molecule has 0 N–H and O–H groups in total. The van der Waals surface area contributed by atoms with E-state index in [4.69, 9.17) is 9.47 Å². The average molecular weight is 282 g/mol. The second-order valence-corrected chi connectivity index (χ2v) is 5.42. The Balaban J connectivity index is 1.89. The fraction of sp³-hybridized carbons (Fsp3) is 0.786. The van der Waals surface area contributed by atoms with Gasteiger partial charge in [0.15, 0.2) is 0 Å². The van der Waals surface area contributed by atoms with Gasteiger partial charge in [-0.1, -0.05) is 0 Å². The molecule has 2 rings (SSSR count). The van der Waals surface area contributed by atoms with Crippen LogP contribution < -0.4 is 4.74 Å². The molecule has 1 saturated heterocycles. The summed E-state index contributed by atoms with van der Waals surface area (Å²) in [6, 6.07) is 0.557. The Bertz CT molecular complexity index is 421. The molecule has 1 aliphatic heterocycles. The summed E-state index contributed by atoms with van der Waals surface area (Å²) in [5.74, 6) is 0.861. The fourth-order valence-electron chi connectivity index (χ4n) is 2.84. The highest BCUT2D eigenvalue weighted by Crippen LogP contribution is 2.20. The predicted octanol–water partition coefficient (Wildman–Crippen LogP) is 0.581. The third-order valence-corrected chi connectivity index (χ3v) is 3.97. The second kappa shape index (κ2) is 7.06. The average Bonchev–Trinajstić information content (AvgIpc) is 2.78. The topological polar surface area (TPSA) is 42.8 Å². The number of rotatable bonds is 6. The first kappa shape index (κ1) is 15.3. The lowest BCUT2D eigenvalue weighted by Crippen LogP contribution is -2.52. The quantitative estimate of drug-likeness (QED) is 0.763. The normalized spacial score (nSPS) is 21.3. The van der Waals surface area contributed by atoms with Crippen molar-refractivity contribution in [2.75, 3.05) is 47.0 Å². The molecular weight excluding hydrogens is 256 g/mol. The molecule has 0 bridgehead atoms. The largest absolute Gasteiger partial charge is 0.481 e. The monoisotopic (exact) mass is 282 g/mol. The summed E-state index contributed by atoms with van der Waals surface area (Å²) in [7, 11) is 5.37. The number of piperazine rings is 1. The van der Waals surface area contributed by atoms with Gasteiger partial charge in [-0.2, -0.15) is 5.10 Å². The number of ether oxygens (including phenoxy) is 2. The summed E-state index contributed by atoms with van der Waals surface area (Å²) >= 11 is 0. The van der Waals surface area contributed by atoms with Gasteiger partial charge >= 0.3 is 0 Å². The van der Waals surface area contributed by atoms with Crippen molar-refractivity contribution in [2.24, 2.45) is 7.05 Å². The van der Waals surface area contributed by atoms with Crippen molar-refractivity contribution in [3.8, 4) is 5.88 Å². The molecule has 1 atom stereocenters. The molecule has 6 heteroatoms. The van der Waals surface area contributed by atoms with Crippen LogP contribution in [0.3, 0.4) is 0 Å². The number of hydrogen-bond acceptors (Lipinski definition) is 5. The Morgan fingerprint density at radius 2 is 2.15 bits per heavy atom. The van der Waals surface area contributed by atoms with Gasteiger partial charge in [0.1, 0.15) is 0 Å². The highest BCUT2D eigenvalue weighted by atomic mass is 16.5. The zero-order valence-electron chi connectivity index (χ0n) is 13.0. The molecule has 2 heterocycles. The molecule has 1 aromatic rings. The first-order valence-corrected chi connectivity index (χ1v) is 7.16. The van der Waals surface area contributed by atoms with E-state index in [1.165, 1.54) is 0 Å². The van der Waals surface area contributed by atoms with E-state index in [1.807, 2.05) is 13.2 Å². The number of nitrogens with zero attached hydrogens (tertiary/aromatic N) is 4. The third kappa shape index (κ3) is 3.50. The zero-order chi connectivity index (χ0) is 14.5. The minimum atomic E-state index is 0.557. The number of methoxy groups -OCH3 is 2. The van der Waals surface area contributed by atoms with Crippen LogP contribution in [-0.2, 0) is 18.3 Å².